The molecule has 0 aliphatic heterocycles. The van der Waals surface area contributed by atoms with Gasteiger partial charge in [0, 0.05) is 24.7 Å². The highest BCUT2D eigenvalue weighted by Crippen LogP contribution is 2.15. The number of carbonyl (C=O) groups is 2. The van der Waals surface area contributed by atoms with Gasteiger partial charge >= 0.3 is 0 Å². The molecule has 0 aromatic heterocycles. The first-order valence-electron chi connectivity index (χ1n) is 6.42. The zero-order valence-electron chi connectivity index (χ0n) is 11.4. The van der Waals surface area contributed by atoms with Crippen molar-refractivity contribution in [3.63, 3.8) is 0 Å². The molecule has 1 rings (SSSR count). The molecule has 0 bridgehead atoms. The van der Waals surface area contributed by atoms with Gasteiger partial charge in [-0.15, -0.1) is 0 Å². The van der Waals surface area contributed by atoms with E-state index in [-0.39, 0.29) is 24.3 Å². The maximum Gasteiger partial charge on any atom is 0.253 e. The highest BCUT2D eigenvalue weighted by molar-refractivity contribution is 5.99. The second-order valence-corrected chi connectivity index (χ2v) is 4.67. The summed E-state index contributed by atoms with van der Waals surface area (Å²) >= 11 is 0. The molecule has 0 fully saturated rings. The van der Waals surface area contributed by atoms with Crippen molar-refractivity contribution in [3.05, 3.63) is 29.8 Å². The summed E-state index contributed by atoms with van der Waals surface area (Å²) in [6.07, 6.45) is 0.840. The topological polar surface area (TPSA) is 84.2 Å². The van der Waals surface area contributed by atoms with Crippen molar-refractivity contribution in [2.75, 3.05) is 11.9 Å². The van der Waals surface area contributed by atoms with E-state index < -0.39 is 0 Å². The summed E-state index contributed by atoms with van der Waals surface area (Å²) in [7, 11) is 0. The summed E-state index contributed by atoms with van der Waals surface area (Å²) in [6.45, 7) is 4.47. The molecule has 0 saturated heterocycles. The predicted octanol–water partition coefficient (Wildman–Crippen LogP) is 1.50. The molecule has 0 heterocycles. The second kappa shape index (κ2) is 7.41. The lowest BCUT2D eigenvalue weighted by molar-refractivity contribution is -0.118. The monoisotopic (exact) mass is 263 g/mol. The molecule has 0 atom stereocenters. The van der Waals surface area contributed by atoms with Gasteiger partial charge in [-0.2, -0.15) is 0 Å². The summed E-state index contributed by atoms with van der Waals surface area (Å²) in [5.41, 5.74) is 6.45. The number of anilines is 1. The van der Waals surface area contributed by atoms with Gasteiger partial charge in [-0.1, -0.05) is 12.1 Å². The maximum atomic E-state index is 12.0. The van der Waals surface area contributed by atoms with Gasteiger partial charge in [-0.3, -0.25) is 9.59 Å². The van der Waals surface area contributed by atoms with Crippen molar-refractivity contribution in [3.8, 4) is 0 Å². The fourth-order valence-electron chi connectivity index (χ4n) is 1.68. The number of hydrogen-bond donors (Lipinski definition) is 3. The van der Waals surface area contributed by atoms with Gasteiger partial charge in [0.15, 0.2) is 0 Å². The van der Waals surface area contributed by atoms with Crippen LogP contribution in [0, 0.1) is 0 Å². The SMILES string of the molecule is CC(C)Nc1ccccc1C(=O)NCCCC(N)=O. The molecule has 1 aromatic rings. The summed E-state index contributed by atoms with van der Waals surface area (Å²) in [5, 5.41) is 6.01. The van der Waals surface area contributed by atoms with Crippen molar-refractivity contribution < 1.29 is 9.59 Å². The van der Waals surface area contributed by atoms with E-state index >= 15 is 0 Å². The van der Waals surface area contributed by atoms with Crippen LogP contribution in [0.15, 0.2) is 24.3 Å². The Hall–Kier alpha value is -2.04. The maximum absolute atomic E-state index is 12.0. The van der Waals surface area contributed by atoms with Gasteiger partial charge in [0.05, 0.1) is 5.56 Å². The fourth-order valence-corrected chi connectivity index (χ4v) is 1.68. The van der Waals surface area contributed by atoms with E-state index in [1.807, 2.05) is 32.0 Å². The molecule has 5 heteroatoms. The van der Waals surface area contributed by atoms with Gasteiger partial charge in [0.1, 0.15) is 0 Å². The number of rotatable bonds is 7. The van der Waals surface area contributed by atoms with E-state index in [0.717, 1.165) is 5.69 Å². The largest absolute Gasteiger partial charge is 0.382 e. The quantitative estimate of drug-likeness (QED) is 0.652. The Morgan fingerprint density at radius 3 is 2.58 bits per heavy atom. The number of nitrogens with two attached hydrogens (primary N) is 1. The van der Waals surface area contributed by atoms with Crippen LogP contribution in [-0.4, -0.2) is 24.4 Å². The normalized spacial score (nSPS) is 10.3. The molecular weight excluding hydrogens is 242 g/mol. The molecule has 1 aromatic carbocycles. The fraction of sp³-hybridized carbons (Fsp3) is 0.429. The molecule has 5 nitrogen and oxygen atoms in total. The number of hydrogen-bond acceptors (Lipinski definition) is 3. The zero-order valence-corrected chi connectivity index (χ0v) is 11.4. The minimum absolute atomic E-state index is 0.145. The first-order valence-corrected chi connectivity index (χ1v) is 6.42. The highest BCUT2D eigenvalue weighted by Gasteiger charge is 2.10. The van der Waals surface area contributed by atoms with Gasteiger partial charge in [-0.25, -0.2) is 0 Å². The van der Waals surface area contributed by atoms with Crippen LogP contribution in [-0.2, 0) is 4.79 Å². The second-order valence-electron chi connectivity index (χ2n) is 4.67. The van der Waals surface area contributed by atoms with Gasteiger partial charge in [-0.05, 0) is 32.4 Å². The third-order valence-corrected chi connectivity index (χ3v) is 2.50. The van der Waals surface area contributed by atoms with E-state index in [4.69, 9.17) is 5.73 Å². The summed E-state index contributed by atoms with van der Waals surface area (Å²) in [5.74, 6) is -0.496. The third kappa shape index (κ3) is 5.42. The molecule has 0 spiro atoms. The zero-order chi connectivity index (χ0) is 14.3. The molecule has 104 valence electrons. The Labute approximate surface area is 113 Å². The lowest BCUT2D eigenvalue weighted by atomic mass is 10.1. The Bertz CT molecular complexity index is 444. The van der Waals surface area contributed by atoms with Crippen LogP contribution >= 0.6 is 0 Å². The summed E-state index contributed by atoms with van der Waals surface area (Å²) < 4.78 is 0. The molecule has 4 N–H and O–H groups in total. The Morgan fingerprint density at radius 1 is 1.26 bits per heavy atom. The van der Waals surface area contributed by atoms with E-state index in [0.29, 0.717) is 18.5 Å². The third-order valence-electron chi connectivity index (χ3n) is 2.50. The predicted molar refractivity (Wildman–Crippen MR) is 76.0 cm³/mol. The average Bonchev–Trinajstić information content (AvgIpc) is 2.34. The average molecular weight is 263 g/mol. The van der Waals surface area contributed by atoms with Crippen molar-refractivity contribution in [1.29, 1.82) is 0 Å². The number of nitrogens with one attached hydrogen (secondary N) is 2. The summed E-state index contributed by atoms with van der Waals surface area (Å²) in [6, 6.07) is 7.61. The van der Waals surface area contributed by atoms with E-state index in [1.54, 1.807) is 6.07 Å². The van der Waals surface area contributed by atoms with E-state index in [9.17, 15) is 9.59 Å². The minimum atomic E-state index is -0.351. The first-order chi connectivity index (χ1) is 9.00. The van der Waals surface area contributed by atoms with Gasteiger partial charge in [0.2, 0.25) is 5.91 Å². The molecule has 19 heavy (non-hydrogen) atoms. The molecular formula is C14H21N3O2. The van der Waals surface area contributed by atoms with Crippen LogP contribution in [0.25, 0.3) is 0 Å². The minimum Gasteiger partial charge on any atom is -0.382 e. The van der Waals surface area contributed by atoms with Gasteiger partial charge < -0.3 is 16.4 Å². The molecule has 0 aliphatic rings. The molecule has 0 radical (unpaired) electrons. The van der Waals surface area contributed by atoms with Crippen LogP contribution in [0.3, 0.4) is 0 Å². The van der Waals surface area contributed by atoms with Crippen LogP contribution in [0.5, 0.6) is 0 Å². The Morgan fingerprint density at radius 2 is 1.95 bits per heavy atom. The standard InChI is InChI=1S/C14H21N3O2/c1-10(2)17-12-7-4-3-6-11(12)14(19)16-9-5-8-13(15)18/h3-4,6-7,10,17H,5,8-9H2,1-2H3,(H2,15,18)(H,16,19). The molecule has 0 unspecified atom stereocenters. The smallest absolute Gasteiger partial charge is 0.253 e. The lowest BCUT2D eigenvalue weighted by Gasteiger charge is -2.14. The lowest BCUT2D eigenvalue weighted by Crippen LogP contribution is -2.27. The van der Waals surface area contributed by atoms with Crippen LogP contribution in [0.4, 0.5) is 5.69 Å². The number of amides is 2. The Balaban J connectivity index is 2.58. The van der Waals surface area contributed by atoms with Crippen molar-refractivity contribution in [2.24, 2.45) is 5.73 Å². The van der Waals surface area contributed by atoms with Crippen molar-refractivity contribution >= 4 is 17.5 Å². The van der Waals surface area contributed by atoms with Crippen LogP contribution in [0.1, 0.15) is 37.0 Å². The molecule has 0 aliphatic carbocycles. The number of primary amides is 1. The van der Waals surface area contributed by atoms with E-state index in [2.05, 4.69) is 10.6 Å². The van der Waals surface area contributed by atoms with Crippen LogP contribution < -0.4 is 16.4 Å². The van der Waals surface area contributed by atoms with Crippen LogP contribution in [0.2, 0.25) is 0 Å². The first kappa shape index (κ1) is 15.0. The van der Waals surface area contributed by atoms with Crippen molar-refractivity contribution in [1.82, 2.24) is 5.32 Å². The number of benzene rings is 1. The highest BCUT2D eigenvalue weighted by atomic mass is 16.2. The van der Waals surface area contributed by atoms with E-state index in [1.165, 1.54) is 0 Å². The molecule has 0 saturated carbocycles. The van der Waals surface area contributed by atoms with Crippen molar-refractivity contribution in [2.45, 2.75) is 32.7 Å². The number of para-hydroxylation sites is 1. The van der Waals surface area contributed by atoms with Gasteiger partial charge in [0.25, 0.3) is 5.91 Å². The number of carbonyl (C=O) groups excluding carboxylic acids is 2. The summed E-state index contributed by atoms with van der Waals surface area (Å²) in [4.78, 5) is 22.6. The molecule has 2 amide bonds. The Kier molecular flexibility index (Phi) is 5.85.